The second-order valence-electron chi connectivity index (χ2n) is 3.84. The van der Waals surface area contributed by atoms with E-state index >= 15 is 0 Å². The van der Waals surface area contributed by atoms with Gasteiger partial charge < -0.3 is 5.73 Å². The molecule has 1 saturated heterocycles. The molecule has 1 aromatic rings. The van der Waals surface area contributed by atoms with Gasteiger partial charge in [-0.15, -0.1) is 0 Å². The fourth-order valence-electron chi connectivity index (χ4n) is 1.81. The van der Waals surface area contributed by atoms with Gasteiger partial charge in [-0.3, -0.25) is 4.68 Å². The summed E-state index contributed by atoms with van der Waals surface area (Å²) in [6.07, 6.45) is 4.82. The van der Waals surface area contributed by atoms with Crippen molar-refractivity contribution in [3.05, 3.63) is 12.4 Å². The minimum atomic E-state index is -3.33. The number of hydrogen-bond donors (Lipinski definition) is 1. The molecular weight excluding hydrogens is 228 g/mol. The van der Waals surface area contributed by atoms with Crippen LogP contribution in [0.5, 0.6) is 0 Å². The summed E-state index contributed by atoms with van der Waals surface area (Å²) in [6.45, 7) is 2.22. The van der Waals surface area contributed by atoms with Crippen LogP contribution in [-0.2, 0) is 16.6 Å². The number of rotatable bonds is 4. The molecule has 0 radical (unpaired) electrons. The summed E-state index contributed by atoms with van der Waals surface area (Å²) in [5.74, 6) is 0. The maximum atomic E-state index is 12.1. The molecule has 0 atom stereocenters. The molecule has 2 heterocycles. The second kappa shape index (κ2) is 4.52. The average molecular weight is 244 g/mol. The Morgan fingerprint density at radius 2 is 2.06 bits per heavy atom. The maximum absolute atomic E-state index is 12.1. The molecule has 7 heteroatoms. The monoisotopic (exact) mass is 244 g/mol. The molecule has 0 aliphatic carbocycles. The van der Waals surface area contributed by atoms with Crippen LogP contribution in [0, 0.1) is 0 Å². The van der Waals surface area contributed by atoms with Gasteiger partial charge in [0.1, 0.15) is 4.90 Å². The molecule has 90 valence electrons. The highest BCUT2D eigenvalue weighted by Crippen LogP contribution is 2.19. The van der Waals surface area contributed by atoms with Crippen molar-refractivity contribution < 1.29 is 8.42 Å². The van der Waals surface area contributed by atoms with Gasteiger partial charge in [0.25, 0.3) is 0 Å². The average Bonchev–Trinajstić information content (AvgIpc) is 2.88. The molecule has 16 heavy (non-hydrogen) atoms. The Balaban J connectivity index is 2.21. The minimum Gasteiger partial charge on any atom is -0.329 e. The molecule has 0 spiro atoms. The van der Waals surface area contributed by atoms with Crippen LogP contribution in [0.3, 0.4) is 0 Å². The first kappa shape index (κ1) is 11.6. The van der Waals surface area contributed by atoms with E-state index < -0.39 is 10.0 Å². The molecular formula is C9H16N4O2S. The van der Waals surface area contributed by atoms with Crippen molar-refractivity contribution in [2.75, 3.05) is 19.6 Å². The van der Waals surface area contributed by atoms with Crippen molar-refractivity contribution in [3.63, 3.8) is 0 Å². The highest BCUT2D eigenvalue weighted by atomic mass is 32.2. The zero-order valence-corrected chi connectivity index (χ0v) is 9.86. The van der Waals surface area contributed by atoms with E-state index in [9.17, 15) is 8.42 Å². The zero-order chi connectivity index (χ0) is 11.6. The molecule has 6 nitrogen and oxygen atoms in total. The van der Waals surface area contributed by atoms with Gasteiger partial charge in [0.05, 0.1) is 12.7 Å². The van der Waals surface area contributed by atoms with Crippen LogP contribution in [0.15, 0.2) is 17.3 Å². The van der Waals surface area contributed by atoms with E-state index in [0.717, 1.165) is 12.8 Å². The van der Waals surface area contributed by atoms with Gasteiger partial charge in [0.2, 0.25) is 10.0 Å². The molecule has 0 saturated carbocycles. The molecule has 1 aliphatic heterocycles. The van der Waals surface area contributed by atoms with Gasteiger partial charge in [0.15, 0.2) is 0 Å². The standard InChI is InChI=1S/C9H16N4O2S/c10-3-6-12-8-9(7-11-12)16(14,15)13-4-1-2-5-13/h7-8H,1-6,10H2. The Kier molecular flexibility index (Phi) is 3.27. The topological polar surface area (TPSA) is 81.2 Å². The van der Waals surface area contributed by atoms with Crippen molar-refractivity contribution in [1.29, 1.82) is 0 Å². The molecule has 1 aliphatic rings. The summed E-state index contributed by atoms with van der Waals surface area (Å²) < 4.78 is 27.3. The predicted octanol–water partition coefficient (Wildman–Crippen LogP) is -0.374. The molecule has 1 aromatic heterocycles. The number of hydrogen-bond acceptors (Lipinski definition) is 4. The zero-order valence-electron chi connectivity index (χ0n) is 9.04. The van der Waals surface area contributed by atoms with Gasteiger partial charge in [-0.25, -0.2) is 8.42 Å². The Morgan fingerprint density at radius 3 is 2.69 bits per heavy atom. The smallest absolute Gasteiger partial charge is 0.246 e. The summed E-state index contributed by atoms with van der Waals surface area (Å²) >= 11 is 0. The van der Waals surface area contributed by atoms with Crippen molar-refractivity contribution in [2.24, 2.45) is 5.73 Å². The van der Waals surface area contributed by atoms with Gasteiger partial charge in [0, 0.05) is 25.8 Å². The Hall–Kier alpha value is -0.920. The fraction of sp³-hybridized carbons (Fsp3) is 0.667. The molecule has 2 N–H and O–H groups in total. The Morgan fingerprint density at radius 1 is 1.38 bits per heavy atom. The fourth-order valence-corrected chi connectivity index (χ4v) is 3.28. The summed E-state index contributed by atoms with van der Waals surface area (Å²) in [6, 6.07) is 0. The second-order valence-corrected chi connectivity index (χ2v) is 5.78. The number of sulfonamides is 1. The maximum Gasteiger partial charge on any atom is 0.246 e. The largest absolute Gasteiger partial charge is 0.329 e. The van der Waals surface area contributed by atoms with Crippen LogP contribution in [0.1, 0.15) is 12.8 Å². The minimum absolute atomic E-state index is 0.267. The van der Waals surface area contributed by atoms with E-state index in [1.807, 2.05) is 0 Å². The number of aromatic nitrogens is 2. The van der Waals surface area contributed by atoms with E-state index in [1.54, 1.807) is 10.9 Å². The van der Waals surface area contributed by atoms with Crippen LogP contribution in [0.2, 0.25) is 0 Å². The molecule has 0 amide bonds. The summed E-state index contributed by atoms with van der Waals surface area (Å²) in [4.78, 5) is 0.267. The third-order valence-electron chi connectivity index (χ3n) is 2.67. The first-order valence-corrected chi connectivity index (χ1v) is 6.81. The summed E-state index contributed by atoms with van der Waals surface area (Å²) in [7, 11) is -3.33. The molecule has 1 fully saturated rings. The van der Waals surface area contributed by atoms with Crippen LogP contribution < -0.4 is 5.73 Å². The van der Waals surface area contributed by atoms with Crippen molar-refractivity contribution in [2.45, 2.75) is 24.3 Å². The van der Waals surface area contributed by atoms with Gasteiger partial charge in [-0.2, -0.15) is 9.40 Å². The molecule has 2 rings (SSSR count). The van der Waals surface area contributed by atoms with Crippen LogP contribution in [0.25, 0.3) is 0 Å². The quantitative estimate of drug-likeness (QED) is 0.783. The normalized spacial score (nSPS) is 18.1. The lowest BCUT2D eigenvalue weighted by atomic mass is 10.4. The molecule has 0 unspecified atom stereocenters. The summed E-state index contributed by atoms with van der Waals surface area (Å²) in [5, 5.41) is 3.97. The van der Waals surface area contributed by atoms with Crippen molar-refractivity contribution in [1.82, 2.24) is 14.1 Å². The number of nitrogens with two attached hydrogens (primary N) is 1. The molecule has 0 bridgehead atoms. The van der Waals surface area contributed by atoms with E-state index in [-0.39, 0.29) is 4.90 Å². The van der Waals surface area contributed by atoms with Gasteiger partial charge in [-0.05, 0) is 12.8 Å². The number of nitrogens with zero attached hydrogens (tertiary/aromatic N) is 3. The first-order chi connectivity index (χ1) is 7.64. The lowest BCUT2D eigenvalue weighted by Crippen LogP contribution is -2.27. The van der Waals surface area contributed by atoms with Crippen molar-refractivity contribution >= 4 is 10.0 Å². The van der Waals surface area contributed by atoms with E-state index in [1.165, 1.54) is 10.5 Å². The van der Waals surface area contributed by atoms with E-state index in [4.69, 9.17) is 5.73 Å². The predicted molar refractivity (Wildman–Crippen MR) is 59.3 cm³/mol. The third kappa shape index (κ3) is 2.11. The van der Waals surface area contributed by atoms with Crippen LogP contribution in [-0.4, -0.2) is 42.1 Å². The van der Waals surface area contributed by atoms with Crippen LogP contribution in [0.4, 0.5) is 0 Å². The lowest BCUT2D eigenvalue weighted by molar-refractivity contribution is 0.477. The summed E-state index contributed by atoms with van der Waals surface area (Å²) in [5.41, 5.74) is 5.38. The SMILES string of the molecule is NCCn1cc(S(=O)(=O)N2CCCC2)cn1. The lowest BCUT2D eigenvalue weighted by Gasteiger charge is -2.13. The third-order valence-corrected chi connectivity index (χ3v) is 4.52. The van der Waals surface area contributed by atoms with Crippen molar-refractivity contribution in [3.8, 4) is 0 Å². The first-order valence-electron chi connectivity index (χ1n) is 5.37. The highest BCUT2D eigenvalue weighted by molar-refractivity contribution is 7.89. The Labute approximate surface area is 95.1 Å². The van der Waals surface area contributed by atoms with E-state index in [2.05, 4.69) is 5.10 Å². The highest BCUT2D eigenvalue weighted by Gasteiger charge is 2.28. The van der Waals surface area contributed by atoms with Gasteiger partial charge >= 0.3 is 0 Å². The van der Waals surface area contributed by atoms with Gasteiger partial charge in [-0.1, -0.05) is 0 Å². The van der Waals surface area contributed by atoms with Crippen LogP contribution >= 0.6 is 0 Å². The molecule has 0 aromatic carbocycles. The van der Waals surface area contributed by atoms with E-state index in [0.29, 0.717) is 26.2 Å². The Bertz CT molecular complexity index is 448.